The van der Waals surface area contributed by atoms with Crippen LogP contribution < -0.4 is 14.4 Å². The van der Waals surface area contributed by atoms with Gasteiger partial charge in [-0.3, -0.25) is 4.72 Å². The molecule has 0 amide bonds. The summed E-state index contributed by atoms with van der Waals surface area (Å²) in [5.74, 6) is 1.08. The summed E-state index contributed by atoms with van der Waals surface area (Å²) in [6.45, 7) is 7.11. The molecular formula is C22H30N2O4S. The van der Waals surface area contributed by atoms with Crippen molar-refractivity contribution in [2.45, 2.75) is 31.6 Å². The van der Waals surface area contributed by atoms with E-state index in [1.165, 1.54) is 5.56 Å². The lowest BCUT2D eigenvalue weighted by Crippen LogP contribution is -2.32. The summed E-state index contributed by atoms with van der Waals surface area (Å²) in [7, 11) is -1.98. The number of fused-ring (bicyclic) bond motifs is 1. The van der Waals surface area contributed by atoms with E-state index < -0.39 is 10.0 Å². The molecule has 1 aliphatic heterocycles. The fourth-order valence-electron chi connectivity index (χ4n) is 3.34. The molecule has 1 aliphatic rings. The highest BCUT2D eigenvalue weighted by Gasteiger charge is 2.19. The molecule has 29 heavy (non-hydrogen) atoms. The highest BCUT2D eigenvalue weighted by atomic mass is 32.2. The van der Waals surface area contributed by atoms with Crippen LogP contribution >= 0.6 is 0 Å². The van der Waals surface area contributed by atoms with Gasteiger partial charge in [-0.25, -0.2) is 8.42 Å². The van der Waals surface area contributed by atoms with Crippen LogP contribution in [0.3, 0.4) is 0 Å². The van der Waals surface area contributed by atoms with Crippen LogP contribution in [0.2, 0.25) is 0 Å². The maximum Gasteiger partial charge on any atom is 0.261 e. The van der Waals surface area contributed by atoms with Crippen LogP contribution in [-0.2, 0) is 21.2 Å². The number of nitrogens with one attached hydrogen (secondary N) is 1. The molecule has 3 rings (SSSR count). The zero-order chi connectivity index (χ0) is 20.9. The lowest BCUT2D eigenvalue weighted by molar-refractivity contribution is 0.205. The van der Waals surface area contributed by atoms with Gasteiger partial charge in [0.25, 0.3) is 10.0 Å². The average Bonchev–Trinajstić information content (AvgIpc) is 2.70. The number of hydrogen-bond donors (Lipinski definition) is 1. The lowest BCUT2D eigenvalue weighted by Gasteiger charge is -2.31. The number of nitrogens with zero attached hydrogens (tertiary/aromatic N) is 1. The first-order valence-electron chi connectivity index (χ1n) is 10.0. The van der Waals surface area contributed by atoms with E-state index in [0.717, 1.165) is 31.6 Å². The second-order valence-corrected chi connectivity index (χ2v) is 9.39. The van der Waals surface area contributed by atoms with Crippen LogP contribution in [-0.4, -0.2) is 41.8 Å². The van der Waals surface area contributed by atoms with Gasteiger partial charge in [0.15, 0.2) is 0 Å². The molecule has 1 heterocycles. The van der Waals surface area contributed by atoms with Gasteiger partial charge in [-0.1, -0.05) is 19.9 Å². The Bertz CT molecular complexity index is 911. The molecular weight excluding hydrogens is 388 g/mol. The highest BCUT2D eigenvalue weighted by molar-refractivity contribution is 7.92. The Labute approximate surface area is 173 Å². The topological polar surface area (TPSA) is 67.9 Å². The minimum atomic E-state index is -3.67. The Morgan fingerprint density at radius 3 is 2.59 bits per heavy atom. The molecule has 0 saturated heterocycles. The van der Waals surface area contributed by atoms with E-state index in [9.17, 15) is 8.42 Å². The van der Waals surface area contributed by atoms with Crippen molar-refractivity contribution in [3.63, 3.8) is 0 Å². The van der Waals surface area contributed by atoms with Crippen LogP contribution in [0.15, 0.2) is 47.4 Å². The Hall–Kier alpha value is -2.25. The molecule has 7 heteroatoms. The number of aryl methyl sites for hydroxylation is 1. The third kappa shape index (κ3) is 5.64. The van der Waals surface area contributed by atoms with E-state index in [-0.39, 0.29) is 4.90 Å². The molecule has 0 bridgehead atoms. The van der Waals surface area contributed by atoms with Gasteiger partial charge < -0.3 is 14.4 Å². The number of rotatable bonds is 9. The Morgan fingerprint density at radius 1 is 1.14 bits per heavy atom. The largest absolute Gasteiger partial charge is 0.493 e. The molecule has 0 fully saturated rings. The summed E-state index contributed by atoms with van der Waals surface area (Å²) >= 11 is 0. The summed E-state index contributed by atoms with van der Waals surface area (Å²) < 4.78 is 39.2. The van der Waals surface area contributed by atoms with Crippen LogP contribution in [0, 0.1) is 5.92 Å². The minimum absolute atomic E-state index is 0.211. The van der Waals surface area contributed by atoms with Crippen LogP contribution in [0.25, 0.3) is 0 Å². The van der Waals surface area contributed by atoms with E-state index >= 15 is 0 Å². The molecule has 0 saturated carbocycles. The molecule has 0 aliphatic carbocycles. The van der Waals surface area contributed by atoms with Crippen molar-refractivity contribution in [3.05, 3.63) is 48.0 Å². The van der Waals surface area contributed by atoms with E-state index in [0.29, 0.717) is 30.6 Å². The van der Waals surface area contributed by atoms with Gasteiger partial charge >= 0.3 is 0 Å². The summed E-state index contributed by atoms with van der Waals surface area (Å²) in [5.41, 5.74) is 2.88. The number of ether oxygens (including phenoxy) is 2. The fourth-order valence-corrected chi connectivity index (χ4v) is 4.39. The molecule has 0 atom stereocenters. The smallest absolute Gasteiger partial charge is 0.261 e. The van der Waals surface area contributed by atoms with E-state index in [1.54, 1.807) is 31.4 Å². The summed E-state index contributed by atoms with van der Waals surface area (Å²) in [6.07, 6.45) is 2.09. The number of methoxy groups -OCH3 is 1. The van der Waals surface area contributed by atoms with Gasteiger partial charge in [-0.2, -0.15) is 0 Å². The van der Waals surface area contributed by atoms with Gasteiger partial charge in [0, 0.05) is 25.9 Å². The van der Waals surface area contributed by atoms with Gasteiger partial charge in [0.1, 0.15) is 5.75 Å². The van der Waals surface area contributed by atoms with Gasteiger partial charge in [0.05, 0.1) is 23.8 Å². The molecule has 158 valence electrons. The SMILES string of the molecule is COCCN1CCCc2ccc(NS(=O)(=O)c3ccc(OCC(C)C)cc3)cc21. The number of anilines is 2. The zero-order valence-electron chi connectivity index (χ0n) is 17.3. The van der Waals surface area contributed by atoms with Crippen molar-refractivity contribution in [1.82, 2.24) is 0 Å². The molecule has 0 radical (unpaired) electrons. The first kappa shape index (κ1) is 21.5. The number of benzene rings is 2. The molecule has 2 aromatic carbocycles. The Morgan fingerprint density at radius 2 is 1.90 bits per heavy atom. The Balaban J connectivity index is 1.75. The Kier molecular flexibility index (Phi) is 7.03. The molecule has 0 spiro atoms. The maximum absolute atomic E-state index is 12.8. The quantitative estimate of drug-likeness (QED) is 0.668. The van der Waals surface area contributed by atoms with Crippen LogP contribution in [0.4, 0.5) is 11.4 Å². The first-order valence-corrected chi connectivity index (χ1v) is 11.5. The molecule has 1 N–H and O–H groups in total. The van der Waals surface area contributed by atoms with E-state index in [2.05, 4.69) is 23.5 Å². The van der Waals surface area contributed by atoms with E-state index in [1.807, 2.05) is 18.2 Å². The van der Waals surface area contributed by atoms with Crippen LogP contribution in [0.1, 0.15) is 25.8 Å². The molecule has 0 aromatic heterocycles. The second-order valence-electron chi connectivity index (χ2n) is 7.71. The van der Waals surface area contributed by atoms with Crippen molar-refractivity contribution < 1.29 is 17.9 Å². The summed E-state index contributed by atoms with van der Waals surface area (Å²) in [5, 5.41) is 0. The number of sulfonamides is 1. The van der Waals surface area contributed by atoms with Crippen molar-refractivity contribution in [2.24, 2.45) is 5.92 Å². The highest BCUT2D eigenvalue weighted by Crippen LogP contribution is 2.31. The molecule has 0 unspecified atom stereocenters. The fraction of sp³-hybridized carbons (Fsp3) is 0.455. The van der Waals surface area contributed by atoms with E-state index in [4.69, 9.17) is 9.47 Å². The lowest BCUT2D eigenvalue weighted by atomic mass is 10.0. The zero-order valence-corrected chi connectivity index (χ0v) is 18.2. The molecule has 2 aromatic rings. The van der Waals surface area contributed by atoms with Gasteiger partial charge in [-0.15, -0.1) is 0 Å². The summed E-state index contributed by atoms with van der Waals surface area (Å²) in [4.78, 5) is 2.46. The standard InChI is InChI=1S/C22H30N2O4S/c1-17(2)16-28-20-8-10-21(11-9-20)29(25,26)23-19-7-6-18-5-4-12-24(13-14-27-3)22(18)15-19/h6-11,15,17,23H,4-5,12-14,16H2,1-3H3. The monoisotopic (exact) mass is 418 g/mol. The van der Waals surface area contributed by atoms with Crippen molar-refractivity contribution >= 4 is 21.4 Å². The summed E-state index contributed by atoms with van der Waals surface area (Å²) in [6, 6.07) is 12.3. The van der Waals surface area contributed by atoms with Crippen molar-refractivity contribution in [1.29, 1.82) is 0 Å². The van der Waals surface area contributed by atoms with Crippen LogP contribution in [0.5, 0.6) is 5.75 Å². The normalized spacial score (nSPS) is 14.0. The first-order chi connectivity index (χ1) is 13.9. The van der Waals surface area contributed by atoms with Crippen molar-refractivity contribution in [2.75, 3.05) is 43.0 Å². The maximum atomic E-state index is 12.8. The van der Waals surface area contributed by atoms with Crippen molar-refractivity contribution in [3.8, 4) is 5.75 Å². The number of hydrogen-bond acceptors (Lipinski definition) is 5. The van der Waals surface area contributed by atoms with Gasteiger partial charge in [-0.05, 0) is 60.7 Å². The second kappa shape index (κ2) is 9.50. The molecule has 6 nitrogen and oxygen atoms in total. The average molecular weight is 419 g/mol. The van der Waals surface area contributed by atoms with Gasteiger partial charge in [0.2, 0.25) is 0 Å². The predicted octanol–water partition coefficient (Wildman–Crippen LogP) is 3.92. The third-order valence-electron chi connectivity index (χ3n) is 4.84. The minimum Gasteiger partial charge on any atom is -0.493 e. The predicted molar refractivity (Wildman–Crippen MR) is 116 cm³/mol. The third-order valence-corrected chi connectivity index (χ3v) is 6.23.